The van der Waals surface area contributed by atoms with Gasteiger partial charge in [0, 0.05) is 22.9 Å². The Morgan fingerprint density at radius 3 is 2.74 bits per heavy atom. The van der Waals surface area contributed by atoms with Crippen molar-refractivity contribution in [3.63, 3.8) is 0 Å². The number of fused-ring (bicyclic) bond motifs is 2. The van der Waals surface area contributed by atoms with Crippen molar-refractivity contribution in [1.82, 2.24) is 0 Å². The number of ether oxygens (including phenoxy) is 2. The number of ketones is 1. The SMILES string of the molecule is CC(=O)Cc1ccc2oc(-c3ccc4c(c3)OCO4)c(C)c2c1. The lowest BCUT2D eigenvalue weighted by molar-refractivity contribution is -0.116. The molecule has 2 heterocycles. The molecule has 4 heteroatoms. The molecule has 0 aliphatic carbocycles. The van der Waals surface area contributed by atoms with Crippen molar-refractivity contribution in [2.45, 2.75) is 20.3 Å². The topological polar surface area (TPSA) is 48.7 Å². The van der Waals surface area contributed by atoms with Crippen molar-refractivity contribution in [2.75, 3.05) is 6.79 Å². The number of furan rings is 1. The van der Waals surface area contributed by atoms with E-state index < -0.39 is 0 Å². The first-order chi connectivity index (χ1) is 11.1. The van der Waals surface area contributed by atoms with Crippen molar-refractivity contribution < 1.29 is 18.7 Å². The van der Waals surface area contributed by atoms with Crippen LogP contribution in [0.4, 0.5) is 0 Å². The molecule has 0 amide bonds. The van der Waals surface area contributed by atoms with E-state index in [4.69, 9.17) is 13.9 Å². The molecule has 0 fully saturated rings. The predicted molar refractivity (Wildman–Crippen MR) is 86.9 cm³/mol. The van der Waals surface area contributed by atoms with Crippen molar-refractivity contribution in [3.8, 4) is 22.8 Å². The summed E-state index contributed by atoms with van der Waals surface area (Å²) in [5.74, 6) is 2.46. The van der Waals surface area contributed by atoms with E-state index in [0.29, 0.717) is 6.42 Å². The van der Waals surface area contributed by atoms with Crippen molar-refractivity contribution in [1.29, 1.82) is 0 Å². The van der Waals surface area contributed by atoms with Crippen LogP contribution in [0.25, 0.3) is 22.3 Å². The second-order valence-electron chi connectivity index (χ2n) is 5.83. The minimum atomic E-state index is 0.154. The Bertz CT molecular complexity index is 921. The summed E-state index contributed by atoms with van der Waals surface area (Å²) >= 11 is 0. The van der Waals surface area contributed by atoms with Gasteiger partial charge in [0.1, 0.15) is 17.1 Å². The quantitative estimate of drug-likeness (QED) is 0.725. The van der Waals surface area contributed by atoms with Gasteiger partial charge in [0.25, 0.3) is 0 Å². The van der Waals surface area contributed by atoms with Crippen LogP contribution in [0.15, 0.2) is 40.8 Å². The maximum Gasteiger partial charge on any atom is 0.231 e. The Morgan fingerprint density at radius 1 is 1.09 bits per heavy atom. The molecule has 1 aromatic heterocycles. The first-order valence-corrected chi connectivity index (χ1v) is 7.53. The number of aryl methyl sites for hydroxylation is 1. The molecular weight excluding hydrogens is 292 g/mol. The summed E-state index contributed by atoms with van der Waals surface area (Å²) in [5, 5.41) is 1.04. The summed E-state index contributed by atoms with van der Waals surface area (Å²) in [6.45, 7) is 3.89. The van der Waals surface area contributed by atoms with Crippen LogP contribution in [0.1, 0.15) is 18.1 Å². The van der Waals surface area contributed by atoms with E-state index in [-0.39, 0.29) is 12.6 Å². The predicted octanol–water partition coefficient (Wildman–Crippen LogP) is 4.27. The minimum Gasteiger partial charge on any atom is -0.456 e. The van der Waals surface area contributed by atoms with Crippen molar-refractivity contribution >= 4 is 16.8 Å². The molecule has 0 radical (unpaired) electrons. The maximum absolute atomic E-state index is 11.3. The summed E-state index contributed by atoms with van der Waals surface area (Å²) < 4.78 is 16.8. The number of rotatable bonds is 3. The molecule has 23 heavy (non-hydrogen) atoms. The average molecular weight is 308 g/mol. The molecule has 116 valence electrons. The van der Waals surface area contributed by atoms with Gasteiger partial charge in [-0.25, -0.2) is 0 Å². The number of Topliss-reactive ketones (excluding diaryl/α,β-unsaturated/α-hetero) is 1. The summed E-state index contributed by atoms with van der Waals surface area (Å²) in [6, 6.07) is 11.7. The molecule has 0 bridgehead atoms. The van der Waals surface area contributed by atoms with Gasteiger partial charge in [-0.15, -0.1) is 0 Å². The molecule has 1 aliphatic heterocycles. The van der Waals surface area contributed by atoms with Gasteiger partial charge in [0.05, 0.1) is 0 Å². The molecule has 0 unspecified atom stereocenters. The number of carbonyl (C=O) groups excluding carboxylic acids is 1. The zero-order valence-corrected chi connectivity index (χ0v) is 13.0. The van der Waals surface area contributed by atoms with E-state index in [1.165, 1.54) is 0 Å². The number of hydrogen-bond acceptors (Lipinski definition) is 4. The van der Waals surface area contributed by atoms with E-state index in [1.54, 1.807) is 6.92 Å². The third-order valence-electron chi connectivity index (χ3n) is 4.09. The van der Waals surface area contributed by atoms with Gasteiger partial charge in [-0.2, -0.15) is 0 Å². The summed E-state index contributed by atoms with van der Waals surface area (Å²) in [7, 11) is 0. The first kappa shape index (κ1) is 13.9. The normalized spacial score (nSPS) is 12.8. The van der Waals surface area contributed by atoms with Crippen LogP contribution in [0.5, 0.6) is 11.5 Å². The Morgan fingerprint density at radius 2 is 1.91 bits per heavy atom. The average Bonchev–Trinajstić information content (AvgIpc) is 3.11. The molecule has 2 aromatic carbocycles. The largest absolute Gasteiger partial charge is 0.456 e. The highest BCUT2D eigenvalue weighted by Crippen LogP contribution is 2.39. The Labute approximate surface area is 133 Å². The van der Waals surface area contributed by atoms with Gasteiger partial charge in [-0.05, 0) is 49.7 Å². The zero-order valence-electron chi connectivity index (χ0n) is 13.0. The van der Waals surface area contributed by atoms with Crippen LogP contribution < -0.4 is 9.47 Å². The first-order valence-electron chi connectivity index (χ1n) is 7.53. The number of hydrogen-bond donors (Lipinski definition) is 0. The van der Waals surface area contributed by atoms with Crippen molar-refractivity contribution in [2.24, 2.45) is 0 Å². The van der Waals surface area contributed by atoms with E-state index >= 15 is 0 Å². The zero-order chi connectivity index (χ0) is 16.0. The van der Waals surface area contributed by atoms with Gasteiger partial charge in [0.15, 0.2) is 11.5 Å². The highest BCUT2D eigenvalue weighted by atomic mass is 16.7. The van der Waals surface area contributed by atoms with Crippen LogP contribution in [0.2, 0.25) is 0 Å². The number of benzene rings is 2. The fourth-order valence-electron chi connectivity index (χ4n) is 2.98. The highest BCUT2D eigenvalue weighted by Gasteiger charge is 2.18. The lowest BCUT2D eigenvalue weighted by atomic mass is 10.0. The van der Waals surface area contributed by atoms with Crippen LogP contribution in [-0.4, -0.2) is 12.6 Å². The standard InChI is InChI=1S/C19H16O4/c1-11(20)7-13-3-5-16-15(8-13)12(2)19(23-16)14-4-6-17-18(9-14)22-10-21-17/h3-6,8-9H,7,10H2,1-2H3. The fraction of sp³-hybridized carbons (Fsp3) is 0.211. The van der Waals surface area contributed by atoms with E-state index in [2.05, 4.69) is 0 Å². The minimum absolute atomic E-state index is 0.154. The monoisotopic (exact) mass is 308 g/mol. The summed E-state index contributed by atoms with van der Waals surface area (Å²) in [4.78, 5) is 11.3. The fourth-order valence-corrected chi connectivity index (χ4v) is 2.98. The number of carbonyl (C=O) groups is 1. The molecule has 3 aromatic rings. The van der Waals surface area contributed by atoms with Crippen LogP contribution in [0, 0.1) is 6.92 Å². The molecule has 4 nitrogen and oxygen atoms in total. The van der Waals surface area contributed by atoms with Gasteiger partial charge in [0.2, 0.25) is 6.79 Å². The van der Waals surface area contributed by atoms with E-state index in [1.807, 2.05) is 43.3 Å². The lowest BCUT2D eigenvalue weighted by Crippen LogP contribution is -1.95. The summed E-state index contributed by atoms with van der Waals surface area (Å²) in [5.41, 5.74) is 3.84. The second kappa shape index (κ2) is 5.16. The summed E-state index contributed by atoms with van der Waals surface area (Å²) in [6.07, 6.45) is 0.444. The molecule has 4 rings (SSSR count). The molecule has 0 saturated heterocycles. The Kier molecular flexibility index (Phi) is 3.11. The molecule has 0 N–H and O–H groups in total. The molecule has 0 atom stereocenters. The van der Waals surface area contributed by atoms with E-state index in [0.717, 1.165) is 44.9 Å². The van der Waals surface area contributed by atoms with Crippen LogP contribution in [0.3, 0.4) is 0 Å². The van der Waals surface area contributed by atoms with Gasteiger partial charge in [-0.1, -0.05) is 6.07 Å². The van der Waals surface area contributed by atoms with Crippen LogP contribution >= 0.6 is 0 Å². The van der Waals surface area contributed by atoms with Gasteiger partial charge >= 0.3 is 0 Å². The van der Waals surface area contributed by atoms with Gasteiger partial charge < -0.3 is 13.9 Å². The smallest absolute Gasteiger partial charge is 0.231 e. The Hall–Kier alpha value is -2.75. The van der Waals surface area contributed by atoms with E-state index in [9.17, 15) is 4.79 Å². The maximum atomic E-state index is 11.3. The highest BCUT2D eigenvalue weighted by molar-refractivity contribution is 5.89. The molecule has 0 spiro atoms. The van der Waals surface area contributed by atoms with Gasteiger partial charge in [-0.3, -0.25) is 4.79 Å². The third-order valence-corrected chi connectivity index (χ3v) is 4.09. The third kappa shape index (κ3) is 2.36. The second-order valence-corrected chi connectivity index (χ2v) is 5.83. The van der Waals surface area contributed by atoms with Crippen molar-refractivity contribution in [3.05, 3.63) is 47.5 Å². The molecular formula is C19H16O4. The molecule has 0 saturated carbocycles. The lowest BCUT2D eigenvalue weighted by Gasteiger charge is -2.01. The Balaban J connectivity index is 1.81. The molecule has 1 aliphatic rings. The van der Waals surface area contributed by atoms with Crippen LogP contribution in [-0.2, 0) is 11.2 Å².